The highest BCUT2D eigenvalue weighted by molar-refractivity contribution is 5.88. The first kappa shape index (κ1) is 20.8. The molecule has 140 valence electrons. The lowest BCUT2D eigenvalue weighted by Gasteiger charge is -2.40. The van der Waals surface area contributed by atoms with Crippen LogP contribution in [0.25, 0.3) is 0 Å². The summed E-state index contributed by atoms with van der Waals surface area (Å²) in [5.41, 5.74) is 0. The number of carboxylic acid groups (broad SMARTS) is 1. The standard InChI is InChI=1S/C12H20O12/c13-1-2-3(14)4(15)8(19)11(24-2)9(20)6(17)5(16)7(18)10(21)12(22)23/h2-8,10-11,13-19,21H,1H2,(H,22,23)/t2-,3-,4+,5-,6-,7+,8-,10+,11?/m1/s1. The van der Waals surface area contributed by atoms with Crippen LogP contribution in [0.5, 0.6) is 0 Å². The second kappa shape index (κ2) is 8.24. The molecule has 1 fully saturated rings. The molecule has 1 rings (SSSR count). The topological polar surface area (TPSA) is 225 Å². The van der Waals surface area contributed by atoms with E-state index < -0.39 is 73.3 Å². The zero-order valence-electron chi connectivity index (χ0n) is 12.2. The number of carboxylic acids is 1. The monoisotopic (exact) mass is 356 g/mol. The molecule has 0 aromatic heterocycles. The van der Waals surface area contributed by atoms with Gasteiger partial charge in [0, 0.05) is 0 Å². The van der Waals surface area contributed by atoms with Crippen LogP contribution in [0.3, 0.4) is 0 Å². The first-order chi connectivity index (χ1) is 11.0. The summed E-state index contributed by atoms with van der Waals surface area (Å²) in [6.45, 7) is -0.840. The lowest BCUT2D eigenvalue weighted by molar-refractivity contribution is -0.231. The minimum absolute atomic E-state index is 0.840. The molecule has 0 aromatic carbocycles. The van der Waals surface area contributed by atoms with Crippen LogP contribution in [0.15, 0.2) is 0 Å². The van der Waals surface area contributed by atoms with Crippen LogP contribution in [-0.2, 0) is 14.3 Å². The van der Waals surface area contributed by atoms with E-state index in [4.69, 9.17) is 20.1 Å². The number of hydrogen-bond acceptors (Lipinski definition) is 11. The average Bonchev–Trinajstić information content (AvgIpc) is 2.56. The molecule has 9 atom stereocenters. The fourth-order valence-corrected chi connectivity index (χ4v) is 2.19. The second-order valence-corrected chi connectivity index (χ2v) is 5.36. The third kappa shape index (κ3) is 4.05. The molecule has 0 bridgehead atoms. The van der Waals surface area contributed by atoms with Gasteiger partial charge in [0.1, 0.15) is 48.8 Å². The van der Waals surface area contributed by atoms with Crippen LogP contribution in [0.4, 0.5) is 0 Å². The number of Topliss-reactive ketones (excluding diaryl/α,β-unsaturated/α-hetero) is 1. The molecule has 1 aliphatic heterocycles. The Balaban J connectivity index is 2.89. The van der Waals surface area contributed by atoms with Gasteiger partial charge in [-0.3, -0.25) is 4.79 Å². The van der Waals surface area contributed by atoms with Crippen molar-refractivity contribution in [3.63, 3.8) is 0 Å². The maximum absolute atomic E-state index is 12.1. The highest BCUT2D eigenvalue weighted by atomic mass is 16.5. The molecule has 0 saturated carbocycles. The molecule has 1 aliphatic rings. The Morgan fingerprint density at radius 2 is 1.38 bits per heavy atom. The van der Waals surface area contributed by atoms with E-state index in [0.29, 0.717) is 0 Å². The van der Waals surface area contributed by atoms with E-state index >= 15 is 0 Å². The summed E-state index contributed by atoms with van der Waals surface area (Å²) in [7, 11) is 0. The maximum Gasteiger partial charge on any atom is 0.335 e. The first-order valence-corrected chi connectivity index (χ1v) is 6.83. The molecule has 12 nitrogen and oxygen atoms in total. The number of ketones is 1. The van der Waals surface area contributed by atoms with Crippen molar-refractivity contribution < 1.29 is 60.3 Å². The fourth-order valence-electron chi connectivity index (χ4n) is 2.19. The Morgan fingerprint density at radius 1 is 0.875 bits per heavy atom. The van der Waals surface area contributed by atoms with E-state index in [-0.39, 0.29) is 0 Å². The van der Waals surface area contributed by atoms with Crippen molar-refractivity contribution in [2.75, 3.05) is 6.61 Å². The molecule has 1 saturated heterocycles. The third-order valence-corrected chi connectivity index (χ3v) is 3.71. The number of aliphatic hydroxyl groups is 8. The molecule has 0 amide bonds. The van der Waals surface area contributed by atoms with E-state index in [9.17, 15) is 40.2 Å². The predicted octanol–water partition coefficient (Wildman–Crippen LogP) is -6.07. The summed E-state index contributed by atoms with van der Waals surface area (Å²) in [5, 5.41) is 84.1. The van der Waals surface area contributed by atoms with E-state index in [1.165, 1.54) is 0 Å². The SMILES string of the molecule is O=C(O)[C@@H](O)[C@@H](O)[C@H](O)[C@@H](O)C(=O)C1O[C@H](CO)[C@@H](O)[C@H](O)[C@H]1O. The van der Waals surface area contributed by atoms with Gasteiger partial charge in [-0.25, -0.2) is 4.79 Å². The summed E-state index contributed by atoms with van der Waals surface area (Å²) >= 11 is 0. The van der Waals surface area contributed by atoms with Gasteiger partial charge in [-0.15, -0.1) is 0 Å². The van der Waals surface area contributed by atoms with Crippen LogP contribution < -0.4 is 0 Å². The normalized spacial score (nSPS) is 35.8. The Hall–Kier alpha value is -1.22. The Bertz CT molecular complexity index is 453. The molecular formula is C12H20O12. The molecule has 1 heterocycles. The average molecular weight is 356 g/mol. The number of hydrogen-bond donors (Lipinski definition) is 9. The molecular weight excluding hydrogens is 336 g/mol. The van der Waals surface area contributed by atoms with Crippen molar-refractivity contribution in [3.05, 3.63) is 0 Å². The highest BCUT2D eigenvalue weighted by Gasteiger charge is 2.49. The Labute approximate surface area is 134 Å². The number of aliphatic hydroxyl groups excluding tert-OH is 8. The molecule has 1 unspecified atom stereocenters. The summed E-state index contributed by atoms with van der Waals surface area (Å²) in [6, 6.07) is 0. The minimum Gasteiger partial charge on any atom is -0.479 e. The quantitative estimate of drug-likeness (QED) is 0.208. The van der Waals surface area contributed by atoms with Gasteiger partial charge in [0.25, 0.3) is 0 Å². The molecule has 0 aliphatic carbocycles. The van der Waals surface area contributed by atoms with Gasteiger partial charge in [0.15, 0.2) is 11.9 Å². The first-order valence-electron chi connectivity index (χ1n) is 6.83. The van der Waals surface area contributed by atoms with Crippen molar-refractivity contribution in [1.82, 2.24) is 0 Å². The van der Waals surface area contributed by atoms with Crippen molar-refractivity contribution in [1.29, 1.82) is 0 Å². The number of carbonyl (C=O) groups is 2. The zero-order chi connectivity index (χ0) is 18.8. The van der Waals surface area contributed by atoms with E-state index in [1.807, 2.05) is 0 Å². The molecule has 9 N–H and O–H groups in total. The molecule has 12 heteroatoms. The van der Waals surface area contributed by atoms with Gasteiger partial charge >= 0.3 is 5.97 Å². The smallest absolute Gasteiger partial charge is 0.335 e. The van der Waals surface area contributed by atoms with Crippen molar-refractivity contribution >= 4 is 11.8 Å². The number of rotatable bonds is 7. The van der Waals surface area contributed by atoms with E-state index in [0.717, 1.165) is 0 Å². The van der Waals surface area contributed by atoms with Crippen LogP contribution in [0.2, 0.25) is 0 Å². The van der Waals surface area contributed by atoms with Gasteiger partial charge in [0.05, 0.1) is 6.61 Å². The van der Waals surface area contributed by atoms with Crippen molar-refractivity contribution in [2.45, 2.75) is 54.9 Å². The maximum atomic E-state index is 12.1. The molecule has 0 aromatic rings. The Morgan fingerprint density at radius 3 is 1.83 bits per heavy atom. The van der Waals surface area contributed by atoms with Crippen molar-refractivity contribution in [3.8, 4) is 0 Å². The number of carbonyl (C=O) groups excluding carboxylic acids is 1. The van der Waals surface area contributed by atoms with Gasteiger partial charge in [-0.05, 0) is 0 Å². The van der Waals surface area contributed by atoms with Gasteiger partial charge in [0.2, 0.25) is 0 Å². The van der Waals surface area contributed by atoms with Crippen molar-refractivity contribution in [2.24, 2.45) is 0 Å². The fraction of sp³-hybridized carbons (Fsp3) is 0.833. The number of ether oxygens (including phenoxy) is 1. The lowest BCUT2D eigenvalue weighted by Crippen LogP contribution is -2.63. The van der Waals surface area contributed by atoms with E-state index in [1.54, 1.807) is 0 Å². The van der Waals surface area contributed by atoms with Crippen LogP contribution in [-0.4, -0.2) is 119 Å². The van der Waals surface area contributed by atoms with Crippen LogP contribution in [0.1, 0.15) is 0 Å². The molecule has 24 heavy (non-hydrogen) atoms. The van der Waals surface area contributed by atoms with Gasteiger partial charge in [-0.1, -0.05) is 0 Å². The zero-order valence-corrected chi connectivity index (χ0v) is 12.2. The number of aliphatic carboxylic acids is 1. The third-order valence-electron chi connectivity index (χ3n) is 3.71. The molecule has 0 spiro atoms. The summed E-state index contributed by atoms with van der Waals surface area (Å²) in [6.07, 6.45) is -19.0. The second-order valence-electron chi connectivity index (χ2n) is 5.36. The predicted molar refractivity (Wildman–Crippen MR) is 70.4 cm³/mol. The van der Waals surface area contributed by atoms with E-state index in [2.05, 4.69) is 0 Å². The van der Waals surface area contributed by atoms with Gasteiger partial charge in [-0.2, -0.15) is 0 Å². The van der Waals surface area contributed by atoms with Crippen LogP contribution in [0, 0.1) is 0 Å². The highest BCUT2D eigenvalue weighted by Crippen LogP contribution is 2.23. The van der Waals surface area contributed by atoms with Crippen LogP contribution >= 0.6 is 0 Å². The minimum atomic E-state index is -2.50. The molecule has 0 radical (unpaired) electrons. The summed E-state index contributed by atoms with van der Waals surface area (Å²) in [5.74, 6) is -3.38. The summed E-state index contributed by atoms with van der Waals surface area (Å²) < 4.78 is 4.86. The lowest BCUT2D eigenvalue weighted by atomic mass is 9.89. The Kier molecular flexibility index (Phi) is 7.15. The largest absolute Gasteiger partial charge is 0.479 e. The summed E-state index contributed by atoms with van der Waals surface area (Å²) in [4.78, 5) is 22.6. The van der Waals surface area contributed by atoms with Gasteiger partial charge < -0.3 is 50.7 Å².